The number of benzene rings is 1. The number of rotatable bonds is 4. The Balaban J connectivity index is 2.73. The number of halogens is 1. The molecule has 2 N–H and O–H groups in total. The van der Waals surface area contributed by atoms with Gasteiger partial charge in [-0.3, -0.25) is 0 Å². The van der Waals surface area contributed by atoms with Crippen molar-refractivity contribution < 1.29 is 13.9 Å². The molecule has 0 amide bonds. The molecule has 0 unspecified atom stereocenters. The van der Waals surface area contributed by atoms with E-state index in [0.717, 1.165) is 12.5 Å². The lowest BCUT2D eigenvalue weighted by atomic mass is 10.1. The number of ether oxygens (including phenoxy) is 1. The van der Waals surface area contributed by atoms with Gasteiger partial charge in [-0.15, -0.1) is 0 Å². The van der Waals surface area contributed by atoms with Gasteiger partial charge >= 0.3 is 5.97 Å². The van der Waals surface area contributed by atoms with Crippen LogP contribution in [0.2, 0.25) is 0 Å². The van der Waals surface area contributed by atoms with Crippen LogP contribution in [0.4, 0.5) is 4.39 Å². The fourth-order valence-corrected chi connectivity index (χ4v) is 1.12. The maximum atomic E-state index is 12.9. The lowest BCUT2D eigenvalue weighted by molar-refractivity contribution is -0.137. The molecule has 86 valence electrons. The Morgan fingerprint density at radius 1 is 1.56 bits per heavy atom. The Kier molecular flexibility index (Phi) is 4.51. The predicted octanol–water partition coefficient (Wildman–Crippen LogP) is 2.08. The van der Waals surface area contributed by atoms with Gasteiger partial charge in [0.05, 0.1) is 6.61 Å². The van der Waals surface area contributed by atoms with Crippen molar-refractivity contribution in [3.8, 4) is 0 Å². The number of carbonyl (C=O) groups is 1. The van der Waals surface area contributed by atoms with Crippen molar-refractivity contribution in [1.82, 2.24) is 0 Å². The third-order valence-corrected chi connectivity index (χ3v) is 1.88. The molecule has 0 aliphatic carbocycles. The van der Waals surface area contributed by atoms with Crippen molar-refractivity contribution in [2.75, 3.05) is 6.61 Å². The third-order valence-electron chi connectivity index (χ3n) is 1.88. The van der Waals surface area contributed by atoms with E-state index in [1.54, 1.807) is 6.07 Å². The molecule has 1 aromatic rings. The lowest BCUT2D eigenvalue weighted by Crippen LogP contribution is -2.06. The van der Waals surface area contributed by atoms with Gasteiger partial charge in [0.25, 0.3) is 0 Å². The van der Waals surface area contributed by atoms with Crippen LogP contribution in [0.15, 0.2) is 30.3 Å². The van der Waals surface area contributed by atoms with Gasteiger partial charge in [-0.1, -0.05) is 19.1 Å². The smallest absolute Gasteiger partial charge is 0.332 e. The molecule has 4 heteroatoms. The monoisotopic (exact) mass is 223 g/mol. The average molecular weight is 223 g/mol. The minimum atomic E-state index is -0.511. The summed E-state index contributed by atoms with van der Waals surface area (Å²) in [5.74, 6) is -0.903. The third kappa shape index (κ3) is 3.73. The fourth-order valence-electron chi connectivity index (χ4n) is 1.12. The molecular weight excluding hydrogens is 209 g/mol. The Morgan fingerprint density at radius 3 is 2.94 bits per heavy atom. The van der Waals surface area contributed by atoms with Crippen LogP contribution in [0.1, 0.15) is 18.9 Å². The highest BCUT2D eigenvalue weighted by molar-refractivity contribution is 5.90. The molecule has 3 nitrogen and oxygen atoms in total. The Bertz CT molecular complexity index is 402. The summed E-state index contributed by atoms with van der Waals surface area (Å²) in [6.07, 6.45) is 1.91. The van der Waals surface area contributed by atoms with Crippen molar-refractivity contribution in [3.63, 3.8) is 0 Å². The lowest BCUT2D eigenvalue weighted by Gasteiger charge is -2.02. The molecule has 0 bridgehead atoms. The van der Waals surface area contributed by atoms with Crippen LogP contribution in [0.3, 0.4) is 0 Å². The van der Waals surface area contributed by atoms with Crippen LogP contribution < -0.4 is 5.73 Å². The summed E-state index contributed by atoms with van der Waals surface area (Å²) in [4.78, 5) is 11.2. The van der Waals surface area contributed by atoms with E-state index >= 15 is 0 Å². The topological polar surface area (TPSA) is 52.3 Å². The Hall–Kier alpha value is -1.84. The van der Waals surface area contributed by atoms with Gasteiger partial charge in [-0.05, 0) is 18.6 Å². The molecule has 0 saturated carbocycles. The van der Waals surface area contributed by atoms with Gasteiger partial charge in [0, 0.05) is 17.3 Å². The van der Waals surface area contributed by atoms with Crippen LogP contribution in [-0.2, 0) is 9.53 Å². The molecule has 0 aliphatic heterocycles. The molecule has 1 rings (SSSR count). The highest BCUT2D eigenvalue weighted by atomic mass is 19.1. The molecule has 0 aromatic heterocycles. The van der Waals surface area contributed by atoms with E-state index < -0.39 is 11.8 Å². The summed E-state index contributed by atoms with van der Waals surface area (Å²) in [6.45, 7) is 2.25. The van der Waals surface area contributed by atoms with E-state index in [1.807, 2.05) is 6.92 Å². The van der Waals surface area contributed by atoms with E-state index in [-0.39, 0.29) is 5.70 Å². The van der Waals surface area contributed by atoms with Gasteiger partial charge in [0.2, 0.25) is 0 Å². The summed E-state index contributed by atoms with van der Waals surface area (Å²) >= 11 is 0. The number of carbonyl (C=O) groups excluding carboxylic acids is 1. The SMILES string of the molecule is CCCOC(=O)C=C(N)c1cccc(F)c1. The van der Waals surface area contributed by atoms with E-state index in [4.69, 9.17) is 10.5 Å². The minimum Gasteiger partial charge on any atom is -0.462 e. The first kappa shape index (κ1) is 12.2. The number of nitrogens with two attached hydrogens (primary N) is 1. The van der Waals surface area contributed by atoms with Gasteiger partial charge in [0.1, 0.15) is 5.82 Å². The molecule has 0 atom stereocenters. The summed E-state index contributed by atoms with van der Waals surface area (Å²) in [5.41, 5.74) is 6.29. The highest BCUT2D eigenvalue weighted by Gasteiger charge is 2.02. The fraction of sp³-hybridized carbons (Fsp3) is 0.250. The van der Waals surface area contributed by atoms with Crippen LogP contribution in [0, 0.1) is 5.82 Å². The van der Waals surface area contributed by atoms with Crippen LogP contribution >= 0.6 is 0 Å². The molecule has 0 fully saturated rings. The van der Waals surface area contributed by atoms with Crippen molar-refractivity contribution >= 4 is 11.7 Å². The normalized spacial score (nSPS) is 11.2. The molecule has 0 radical (unpaired) electrons. The zero-order valence-corrected chi connectivity index (χ0v) is 9.07. The molecule has 0 heterocycles. The zero-order chi connectivity index (χ0) is 12.0. The first-order valence-corrected chi connectivity index (χ1v) is 5.03. The molecule has 1 aromatic carbocycles. The number of hydrogen-bond donors (Lipinski definition) is 1. The minimum absolute atomic E-state index is 0.195. The standard InChI is InChI=1S/C12H14FNO2/c1-2-6-16-12(15)8-11(14)9-4-3-5-10(13)7-9/h3-5,7-8H,2,6,14H2,1H3. The molecular formula is C12H14FNO2. The van der Waals surface area contributed by atoms with Gasteiger partial charge in [-0.2, -0.15) is 0 Å². The quantitative estimate of drug-likeness (QED) is 0.628. The van der Waals surface area contributed by atoms with E-state index in [9.17, 15) is 9.18 Å². The van der Waals surface area contributed by atoms with Crippen LogP contribution in [-0.4, -0.2) is 12.6 Å². The maximum absolute atomic E-state index is 12.9. The first-order chi connectivity index (χ1) is 7.63. The van der Waals surface area contributed by atoms with E-state index in [1.165, 1.54) is 18.2 Å². The summed E-state index contributed by atoms with van der Waals surface area (Å²) in [5, 5.41) is 0. The summed E-state index contributed by atoms with van der Waals surface area (Å²) in [7, 11) is 0. The molecule has 0 saturated heterocycles. The number of hydrogen-bond acceptors (Lipinski definition) is 3. The van der Waals surface area contributed by atoms with Crippen molar-refractivity contribution in [3.05, 3.63) is 41.7 Å². The van der Waals surface area contributed by atoms with Crippen LogP contribution in [0.25, 0.3) is 5.70 Å². The summed E-state index contributed by atoms with van der Waals surface area (Å²) in [6, 6.07) is 5.73. The van der Waals surface area contributed by atoms with E-state index in [2.05, 4.69) is 0 Å². The number of esters is 1. The molecule has 16 heavy (non-hydrogen) atoms. The second kappa shape index (κ2) is 5.90. The van der Waals surface area contributed by atoms with Gasteiger partial charge in [-0.25, -0.2) is 9.18 Å². The second-order valence-electron chi connectivity index (χ2n) is 3.28. The summed E-state index contributed by atoms with van der Waals surface area (Å²) < 4.78 is 17.7. The first-order valence-electron chi connectivity index (χ1n) is 5.03. The second-order valence-corrected chi connectivity index (χ2v) is 3.28. The highest BCUT2D eigenvalue weighted by Crippen LogP contribution is 2.10. The van der Waals surface area contributed by atoms with Crippen molar-refractivity contribution in [1.29, 1.82) is 0 Å². The predicted molar refractivity (Wildman–Crippen MR) is 59.8 cm³/mol. The largest absolute Gasteiger partial charge is 0.462 e. The zero-order valence-electron chi connectivity index (χ0n) is 9.07. The Morgan fingerprint density at radius 2 is 2.31 bits per heavy atom. The average Bonchev–Trinajstić information content (AvgIpc) is 2.26. The van der Waals surface area contributed by atoms with E-state index in [0.29, 0.717) is 12.2 Å². The molecule has 0 spiro atoms. The maximum Gasteiger partial charge on any atom is 0.332 e. The van der Waals surface area contributed by atoms with Gasteiger partial charge < -0.3 is 10.5 Å². The van der Waals surface area contributed by atoms with Crippen molar-refractivity contribution in [2.45, 2.75) is 13.3 Å². The Labute approximate surface area is 93.7 Å². The van der Waals surface area contributed by atoms with Crippen molar-refractivity contribution in [2.24, 2.45) is 5.73 Å². The van der Waals surface area contributed by atoms with Gasteiger partial charge in [0.15, 0.2) is 0 Å². The van der Waals surface area contributed by atoms with Crippen LogP contribution in [0.5, 0.6) is 0 Å². The molecule has 0 aliphatic rings.